The normalized spacial score (nSPS) is 11.4. The fourth-order valence-corrected chi connectivity index (χ4v) is 1.54. The summed E-state index contributed by atoms with van der Waals surface area (Å²) in [5.74, 6) is 1.19. The molecule has 0 unspecified atom stereocenters. The van der Waals surface area contributed by atoms with Crippen LogP contribution in [-0.2, 0) is 0 Å². The standard InChI is InChI=1S/C12H22N4O/c1-5-17-10-8-9(2)14-11(15-10)16-12(3,4)6-7-13/h8H,5-7,13H2,1-4H3,(H,14,15,16). The highest BCUT2D eigenvalue weighted by atomic mass is 16.5. The van der Waals surface area contributed by atoms with Crippen molar-refractivity contribution < 1.29 is 4.74 Å². The molecule has 3 N–H and O–H groups in total. The molecule has 0 aliphatic heterocycles. The highest BCUT2D eigenvalue weighted by molar-refractivity contribution is 5.33. The van der Waals surface area contributed by atoms with Gasteiger partial charge in [0.05, 0.1) is 6.61 Å². The summed E-state index contributed by atoms with van der Waals surface area (Å²) in [5.41, 5.74) is 6.34. The van der Waals surface area contributed by atoms with Crippen molar-refractivity contribution in [3.63, 3.8) is 0 Å². The number of nitrogens with two attached hydrogens (primary N) is 1. The Morgan fingerprint density at radius 2 is 2.12 bits per heavy atom. The van der Waals surface area contributed by atoms with E-state index in [1.807, 2.05) is 19.9 Å². The summed E-state index contributed by atoms with van der Waals surface area (Å²) in [6.45, 7) is 9.23. The molecule has 5 heteroatoms. The minimum atomic E-state index is -0.119. The molecule has 17 heavy (non-hydrogen) atoms. The highest BCUT2D eigenvalue weighted by Gasteiger charge is 2.18. The molecule has 1 aromatic rings. The summed E-state index contributed by atoms with van der Waals surface area (Å²) in [5, 5.41) is 3.28. The molecule has 1 heterocycles. The van der Waals surface area contributed by atoms with E-state index in [1.165, 1.54) is 0 Å². The number of nitrogens with zero attached hydrogens (tertiary/aromatic N) is 2. The zero-order chi connectivity index (χ0) is 12.9. The number of hydrogen-bond acceptors (Lipinski definition) is 5. The minimum Gasteiger partial charge on any atom is -0.478 e. The maximum atomic E-state index is 5.57. The van der Waals surface area contributed by atoms with Crippen LogP contribution in [0.4, 0.5) is 5.95 Å². The molecule has 0 saturated heterocycles. The number of aromatic nitrogens is 2. The predicted octanol–water partition coefficient (Wildman–Crippen LogP) is 1.72. The molecule has 0 fully saturated rings. The third kappa shape index (κ3) is 4.56. The van der Waals surface area contributed by atoms with Crippen molar-refractivity contribution >= 4 is 5.95 Å². The van der Waals surface area contributed by atoms with Crippen LogP contribution in [0.3, 0.4) is 0 Å². The van der Waals surface area contributed by atoms with Gasteiger partial charge in [0, 0.05) is 17.3 Å². The Labute approximate surface area is 103 Å². The quantitative estimate of drug-likeness (QED) is 0.789. The van der Waals surface area contributed by atoms with E-state index in [9.17, 15) is 0 Å². The van der Waals surface area contributed by atoms with E-state index < -0.39 is 0 Å². The largest absolute Gasteiger partial charge is 0.478 e. The third-order valence-electron chi connectivity index (χ3n) is 2.34. The molecule has 0 radical (unpaired) electrons. The number of ether oxygens (including phenoxy) is 1. The second-order valence-corrected chi connectivity index (χ2v) is 4.65. The van der Waals surface area contributed by atoms with Crippen molar-refractivity contribution in [3.05, 3.63) is 11.8 Å². The van der Waals surface area contributed by atoms with Gasteiger partial charge in [-0.1, -0.05) is 0 Å². The van der Waals surface area contributed by atoms with Gasteiger partial charge in [0.15, 0.2) is 0 Å². The SMILES string of the molecule is CCOc1cc(C)nc(NC(C)(C)CCN)n1. The predicted molar refractivity (Wildman–Crippen MR) is 69.3 cm³/mol. The van der Waals surface area contributed by atoms with Gasteiger partial charge < -0.3 is 15.8 Å². The van der Waals surface area contributed by atoms with Crippen LogP contribution in [0.1, 0.15) is 32.9 Å². The van der Waals surface area contributed by atoms with Gasteiger partial charge >= 0.3 is 0 Å². The first kappa shape index (κ1) is 13.7. The van der Waals surface area contributed by atoms with E-state index in [4.69, 9.17) is 10.5 Å². The van der Waals surface area contributed by atoms with Crippen LogP contribution in [0.2, 0.25) is 0 Å². The van der Waals surface area contributed by atoms with E-state index >= 15 is 0 Å². The fraction of sp³-hybridized carbons (Fsp3) is 0.667. The van der Waals surface area contributed by atoms with Gasteiger partial charge in [0.25, 0.3) is 0 Å². The smallest absolute Gasteiger partial charge is 0.226 e. The average Bonchev–Trinajstić information content (AvgIpc) is 2.15. The molecule has 0 bridgehead atoms. The third-order valence-corrected chi connectivity index (χ3v) is 2.34. The van der Waals surface area contributed by atoms with Crippen LogP contribution in [-0.4, -0.2) is 28.7 Å². The summed E-state index contributed by atoms with van der Waals surface area (Å²) in [6, 6.07) is 1.82. The lowest BCUT2D eigenvalue weighted by Gasteiger charge is -2.25. The van der Waals surface area contributed by atoms with Crippen LogP contribution in [0.15, 0.2) is 6.07 Å². The van der Waals surface area contributed by atoms with Crippen molar-refractivity contribution in [2.24, 2.45) is 5.73 Å². The van der Waals surface area contributed by atoms with E-state index in [0.29, 0.717) is 25.0 Å². The lowest BCUT2D eigenvalue weighted by Crippen LogP contribution is -2.34. The molecule has 1 rings (SSSR count). The van der Waals surface area contributed by atoms with Gasteiger partial charge in [-0.3, -0.25) is 0 Å². The fourth-order valence-electron chi connectivity index (χ4n) is 1.54. The molecule has 0 atom stereocenters. The first-order valence-electron chi connectivity index (χ1n) is 5.93. The highest BCUT2D eigenvalue weighted by Crippen LogP contribution is 2.17. The van der Waals surface area contributed by atoms with Crippen LogP contribution in [0.25, 0.3) is 0 Å². The van der Waals surface area contributed by atoms with E-state index in [2.05, 4.69) is 29.1 Å². The maximum absolute atomic E-state index is 5.57. The first-order chi connectivity index (χ1) is 7.96. The second kappa shape index (κ2) is 5.82. The Hall–Kier alpha value is -1.36. The molecule has 1 aromatic heterocycles. The lowest BCUT2D eigenvalue weighted by atomic mass is 10.0. The molecule has 0 aliphatic rings. The Balaban J connectivity index is 2.83. The Morgan fingerprint density at radius 1 is 1.41 bits per heavy atom. The van der Waals surface area contributed by atoms with Gasteiger partial charge in [0.2, 0.25) is 11.8 Å². The Morgan fingerprint density at radius 3 is 2.71 bits per heavy atom. The zero-order valence-electron chi connectivity index (χ0n) is 11.1. The summed E-state index contributed by atoms with van der Waals surface area (Å²) >= 11 is 0. The maximum Gasteiger partial charge on any atom is 0.226 e. The van der Waals surface area contributed by atoms with Crippen molar-refractivity contribution in [1.82, 2.24) is 9.97 Å². The molecule has 0 spiro atoms. The van der Waals surface area contributed by atoms with Crippen LogP contribution in [0.5, 0.6) is 5.88 Å². The van der Waals surface area contributed by atoms with Crippen molar-refractivity contribution in [3.8, 4) is 5.88 Å². The average molecular weight is 238 g/mol. The summed E-state index contributed by atoms with van der Waals surface area (Å²) in [6.07, 6.45) is 0.855. The summed E-state index contributed by atoms with van der Waals surface area (Å²) < 4.78 is 5.39. The second-order valence-electron chi connectivity index (χ2n) is 4.65. The van der Waals surface area contributed by atoms with Gasteiger partial charge in [-0.05, 0) is 40.7 Å². The number of anilines is 1. The Bertz CT molecular complexity index is 366. The van der Waals surface area contributed by atoms with Crippen molar-refractivity contribution in [2.45, 2.75) is 39.7 Å². The molecule has 0 aromatic carbocycles. The summed E-state index contributed by atoms with van der Waals surface area (Å²) in [7, 11) is 0. The van der Waals surface area contributed by atoms with Gasteiger partial charge in [-0.15, -0.1) is 0 Å². The lowest BCUT2D eigenvalue weighted by molar-refractivity contribution is 0.326. The Kier molecular flexibility index (Phi) is 4.69. The monoisotopic (exact) mass is 238 g/mol. The molecule has 5 nitrogen and oxygen atoms in total. The van der Waals surface area contributed by atoms with Crippen LogP contribution < -0.4 is 15.8 Å². The number of nitrogens with one attached hydrogen (secondary N) is 1. The summed E-state index contributed by atoms with van der Waals surface area (Å²) in [4.78, 5) is 8.65. The van der Waals surface area contributed by atoms with E-state index in [1.54, 1.807) is 0 Å². The number of aryl methyl sites for hydroxylation is 1. The van der Waals surface area contributed by atoms with Gasteiger partial charge in [-0.2, -0.15) is 4.98 Å². The topological polar surface area (TPSA) is 73.1 Å². The van der Waals surface area contributed by atoms with Gasteiger partial charge in [-0.25, -0.2) is 4.98 Å². The van der Waals surface area contributed by atoms with Crippen LogP contribution >= 0.6 is 0 Å². The van der Waals surface area contributed by atoms with E-state index in [-0.39, 0.29) is 5.54 Å². The minimum absolute atomic E-state index is 0.119. The van der Waals surface area contributed by atoms with Crippen molar-refractivity contribution in [1.29, 1.82) is 0 Å². The zero-order valence-corrected chi connectivity index (χ0v) is 11.1. The molecule has 0 saturated carbocycles. The van der Waals surface area contributed by atoms with E-state index in [0.717, 1.165) is 12.1 Å². The first-order valence-corrected chi connectivity index (χ1v) is 5.93. The molecule has 96 valence electrons. The van der Waals surface area contributed by atoms with Gasteiger partial charge in [0.1, 0.15) is 0 Å². The molecular formula is C12H22N4O. The van der Waals surface area contributed by atoms with Crippen molar-refractivity contribution in [2.75, 3.05) is 18.5 Å². The van der Waals surface area contributed by atoms with Crippen LogP contribution in [0, 0.1) is 6.92 Å². The molecule has 0 aliphatic carbocycles. The number of hydrogen-bond donors (Lipinski definition) is 2. The number of rotatable bonds is 6. The molecular weight excluding hydrogens is 216 g/mol. The molecule has 0 amide bonds.